The second-order valence-corrected chi connectivity index (χ2v) is 9.07. The Morgan fingerprint density at radius 1 is 1.09 bits per heavy atom. The minimum absolute atomic E-state index is 0.0468. The summed E-state index contributed by atoms with van der Waals surface area (Å²) in [7, 11) is 0. The fraction of sp³-hybridized carbons (Fsp3) is 0.560. The lowest BCUT2D eigenvalue weighted by Gasteiger charge is -2.31. The number of rotatable bonds is 4. The summed E-state index contributed by atoms with van der Waals surface area (Å²) in [5.74, 6) is -0.0875. The third-order valence-electron chi connectivity index (χ3n) is 6.13. The van der Waals surface area contributed by atoms with Crippen molar-refractivity contribution in [2.24, 2.45) is 0 Å². The molecule has 3 rings (SSSR count). The van der Waals surface area contributed by atoms with Crippen molar-refractivity contribution in [2.75, 3.05) is 18.0 Å². The van der Waals surface area contributed by atoms with Gasteiger partial charge in [0.05, 0.1) is 12.2 Å². The third-order valence-corrected chi connectivity index (χ3v) is 6.13. The van der Waals surface area contributed by atoms with Gasteiger partial charge in [-0.15, -0.1) is 0 Å². The Bertz CT molecular complexity index is 921. The van der Waals surface area contributed by atoms with E-state index in [-0.39, 0.29) is 11.8 Å². The minimum atomic E-state index is -0.134. The second kappa shape index (κ2) is 11.3. The summed E-state index contributed by atoms with van der Waals surface area (Å²) in [6.45, 7) is 10.8. The van der Waals surface area contributed by atoms with Crippen LogP contribution >= 0.6 is 0 Å². The number of H-pyrrole nitrogens is 1. The van der Waals surface area contributed by atoms with E-state index in [0.717, 1.165) is 48.6 Å². The topological polar surface area (TPSA) is 81.3 Å². The predicted octanol–water partition coefficient (Wildman–Crippen LogP) is 4.18. The highest BCUT2D eigenvalue weighted by molar-refractivity contribution is 5.97. The number of benzene rings is 1. The molecule has 0 saturated heterocycles. The number of anilines is 1. The van der Waals surface area contributed by atoms with Crippen LogP contribution in [0.3, 0.4) is 0 Å². The van der Waals surface area contributed by atoms with Crippen LogP contribution in [0.2, 0.25) is 0 Å². The molecular weight excluding hydrogens is 402 g/mol. The summed E-state index contributed by atoms with van der Waals surface area (Å²) in [6, 6.07) is 8.03. The molecule has 32 heavy (non-hydrogen) atoms. The van der Waals surface area contributed by atoms with Gasteiger partial charge in [-0.3, -0.25) is 19.6 Å². The van der Waals surface area contributed by atoms with E-state index in [1.165, 1.54) is 19.3 Å². The van der Waals surface area contributed by atoms with Crippen molar-refractivity contribution in [1.82, 2.24) is 20.4 Å². The Morgan fingerprint density at radius 2 is 1.81 bits per heavy atom. The number of nitrogens with zero attached hydrogens (tertiary/aromatic N) is 3. The Morgan fingerprint density at radius 3 is 2.47 bits per heavy atom. The van der Waals surface area contributed by atoms with Gasteiger partial charge in [0.25, 0.3) is 5.91 Å². The predicted molar refractivity (Wildman–Crippen MR) is 128 cm³/mol. The van der Waals surface area contributed by atoms with E-state index in [1.807, 2.05) is 36.1 Å². The third kappa shape index (κ3) is 6.42. The molecule has 7 nitrogen and oxygen atoms in total. The normalized spacial score (nSPS) is 16.2. The number of hydrogen-bond acceptors (Lipinski definition) is 4. The number of amides is 2. The van der Waals surface area contributed by atoms with Gasteiger partial charge in [0.15, 0.2) is 0 Å². The standard InChI is InChI=1S/C25H37N5O2/c1-18(2)29-12-8-6-5-7-9-13-30(20(4)31)24-11-10-21(15-22(24)17-29)25(32)26-16-23-14-19(3)27-28-23/h10-11,14-15,18H,5-9,12-13,16-17H2,1-4H3,(H,26,32)(H,27,28). The number of carbonyl (C=O) groups is 2. The summed E-state index contributed by atoms with van der Waals surface area (Å²) in [6.07, 6.45) is 5.73. The quantitative estimate of drug-likeness (QED) is 0.749. The molecule has 1 aromatic heterocycles. The van der Waals surface area contributed by atoms with Gasteiger partial charge in [0.1, 0.15) is 0 Å². The number of aromatic amines is 1. The van der Waals surface area contributed by atoms with E-state index in [4.69, 9.17) is 0 Å². The van der Waals surface area contributed by atoms with Crippen molar-refractivity contribution in [3.8, 4) is 0 Å². The molecule has 0 atom stereocenters. The average Bonchev–Trinajstić information content (AvgIpc) is 3.17. The minimum Gasteiger partial charge on any atom is -0.346 e. The second-order valence-electron chi connectivity index (χ2n) is 9.07. The molecule has 2 N–H and O–H groups in total. The Balaban J connectivity index is 1.88. The maximum Gasteiger partial charge on any atom is 0.251 e. The van der Waals surface area contributed by atoms with Gasteiger partial charge in [0, 0.05) is 43.0 Å². The van der Waals surface area contributed by atoms with Crippen LogP contribution in [-0.4, -0.2) is 46.0 Å². The largest absolute Gasteiger partial charge is 0.346 e. The Hall–Kier alpha value is -2.67. The number of aromatic nitrogens is 2. The van der Waals surface area contributed by atoms with E-state index in [2.05, 4.69) is 34.3 Å². The highest BCUT2D eigenvalue weighted by Crippen LogP contribution is 2.26. The summed E-state index contributed by atoms with van der Waals surface area (Å²) in [4.78, 5) is 29.7. The van der Waals surface area contributed by atoms with Gasteiger partial charge in [-0.2, -0.15) is 5.10 Å². The molecule has 0 bridgehead atoms. The lowest BCUT2D eigenvalue weighted by Crippen LogP contribution is -2.35. The lowest BCUT2D eigenvalue weighted by molar-refractivity contribution is -0.116. The van der Waals surface area contributed by atoms with Gasteiger partial charge < -0.3 is 10.2 Å². The molecule has 0 radical (unpaired) electrons. The fourth-order valence-electron chi connectivity index (χ4n) is 4.26. The molecule has 0 fully saturated rings. The number of nitrogens with one attached hydrogen (secondary N) is 2. The maximum absolute atomic E-state index is 12.9. The van der Waals surface area contributed by atoms with E-state index >= 15 is 0 Å². The zero-order chi connectivity index (χ0) is 23.1. The van der Waals surface area contributed by atoms with Gasteiger partial charge in [0.2, 0.25) is 5.91 Å². The molecule has 7 heteroatoms. The number of fused-ring (bicyclic) bond motifs is 1. The van der Waals surface area contributed by atoms with Crippen LogP contribution in [0.1, 0.15) is 80.2 Å². The molecular formula is C25H37N5O2. The van der Waals surface area contributed by atoms with Gasteiger partial charge in [-0.1, -0.05) is 19.3 Å². The van der Waals surface area contributed by atoms with Crippen LogP contribution in [-0.2, 0) is 17.9 Å². The van der Waals surface area contributed by atoms with Crippen LogP contribution in [0.5, 0.6) is 0 Å². The Labute approximate surface area is 191 Å². The van der Waals surface area contributed by atoms with Crippen molar-refractivity contribution in [2.45, 2.75) is 78.9 Å². The zero-order valence-corrected chi connectivity index (χ0v) is 19.9. The lowest BCUT2D eigenvalue weighted by atomic mass is 10.0. The first-order valence-electron chi connectivity index (χ1n) is 11.8. The summed E-state index contributed by atoms with van der Waals surface area (Å²) < 4.78 is 0. The number of hydrogen-bond donors (Lipinski definition) is 2. The summed E-state index contributed by atoms with van der Waals surface area (Å²) >= 11 is 0. The van der Waals surface area contributed by atoms with Crippen molar-refractivity contribution in [1.29, 1.82) is 0 Å². The highest BCUT2D eigenvalue weighted by atomic mass is 16.2. The number of aryl methyl sites for hydroxylation is 1. The van der Waals surface area contributed by atoms with Crippen LogP contribution in [0.4, 0.5) is 5.69 Å². The van der Waals surface area contributed by atoms with Crippen molar-refractivity contribution in [3.63, 3.8) is 0 Å². The van der Waals surface area contributed by atoms with Crippen LogP contribution < -0.4 is 10.2 Å². The molecule has 1 aliphatic heterocycles. The van der Waals surface area contributed by atoms with E-state index < -0.39 is 0 Å². The smallest absolute Gasteiger partial charge is 0.251 e. The number of carbonyl (C=O) groups excluding carboxylic acids is 2. The first kappa shape index (κ1) is 24.0. The molecule has 174 valence electrons. The van der Waals surface area contributed by atoms with E-state index in [0.29, 0.717) is 24.7 Å². The molecule has 0 spiro atoms. The molecule has 2 amide bonds. The van der Waals surface area contributed by atoms with Crippen molar-refractivity contribution >= 4 is 17.5 Å². The molecule has 1 aliphatic rings. The van der Waals surface area contributed by atoms with Crippen LogP contribution in [0, 0.1) is 6.92 Å². The van der Waals surface area contributed by atoms with Gasteiger partial charge in [-0.25, -0.2) is 0 Å². The SMILES string of the molecule is CC(=O)N1CCCCCCCN(C(C)C)Cc2cc(C(=O)NCc3cc(C)[nH]n3)ccc21. The van der Waals surface area contributed by atoms with E-state index in [1.54, 1.807) is 6.92 Å². The summed E-state index contributed by atoms with van der Waals surface area (Å²) in [5, 5.41) is 10.0. The zero-order valence-electron chi connectivity index (χ0n) is 19.9. The molecule has 2 heterocycles. The molecule has 0 aliphatic carbocycles. The van der Waals surface area contributed by atoms with Crippen molar-refractivity contribution < 1.29 is 9.59 Å². The highest BCUT2D eigenvalue weighted by Gasteiger charge is 2.21. The molecule has 1 aromatic carbocycles. The molecule has 0 unspecified atom stereocenters. The monoisotopic (exact) mass is 439 g/mol. The fourth-order valence-corrected chi connectivity index (χ4v) is 4.26. The van der Waals surface area contributed by atoms with Crippen LogP contribution in [0.15, 0.2) is 24.3 Å². The van der Waals surface area contributed by atoms with Crippen LogP contribution in [0.25, 0.3) is 0 Å². The Kier molecular flexibility index (Phi) is 8.45. The van der Waals surface area contributed by atoms with Crippen molar-refractivity contribution in [3.05, 3.63) is 46.8 Å². The molecule has 0 saturated carbocycles. The first-order valence-corrected chi connectivity index (χ1v) is 11.8. The first-order chi connectivity index (χ1) is 15.3. The van der Waals surface area contributed by atoms with Gasteiger partial charge in [-0.05, 0) is 70.0 Å². The maximum atomic E-state index is 12.9. The molecule has 2 aromatic rings. The summed E-state index contributed by atoms with van der Waals surface area (Å²) in [5.41, 5.74) is 4.32. The van der Waals surface area contributed by atoms with E-state index in [9.17, 15) is 9.59 Å². The average molecular weight is 440 g/mol. The van der Waals surface area contributed by atoms with Gasteiger partial charge >= 0.3 is 0 Å².